The Balaban J connectivity index is 1.79. The summed E-state index contributed by atoms with van der Waals surface area (Å²) in [6.45, 7) is 4.25. The molecule has 0 bridgehead atoms. The van der Waals surface area contributed by atoms with Gasteiger partial charge in [0.1, 0.15) is 29.9 Å². The van der Waals surface area contributed by atoms with Crippen LogP contribution in [-0.4, -0.2) is 11.2 Å². The summed E-state index contributed by atoms with van der Waals surface area (Å²) in [6.07, 6.45) is 0. The van der Waals surface area contributed by atoms with Crippen molar-refractivity contribution < 1.29 is 9.30 Å². The summed E-state index contributed by atoms with van der Waals surface area (Å²) in [5.74, 6) is 1.63. The minimum Gasteiger partial charge on any atom is -0.490 e. The number of hydrogen-bond acceptors (Lipinski definition) is 2. The van der Waals surface area contributed by atoms with Crippen LogP contribution < -0.4 is 15.0 Å². The van der Waals surface area contributed by atoms with Gasteiger partial charge in [0.2, 0.25) is 0 Å². The van der Waals surface area contributed by atoms with Gasteiger partial charge in [-0.1, -0.05) is 28.1 Å². The lowest BCUT2D eigenvalue weighted by Gasteiger charge is -2.06. The van der Waals surface area contributed by atoms with Gasteiger partial charge < -0.3 is 4.74 Å². The zero-order chi connectivity index (χ0) is 15.5. The van der Waals surface area contributed by atoms with Crippen molar-refractivity contribution in [2.45, 2.75) is 20.0 Å². The maximum Gasteiger partial charge on any atom is 0.356 e. The normalized spacial score (nSPS) is 11.0. The second-order valence-corrected chi connectivity index (χ2v) is 5.96. The fraction of sp³-hybridized carbons (Fsp3) is 0.235. The second-order valence-electron chi connectivity index (χ2n) is 5.05. The number of nitrogens with zero attached hydrogens (tertiary/aromatic N) is 2. The van der Waals surface area contributed by atoms with Crippen LogP contribution in [0, 0.1) is 0 Å². The van der Waals surface area contributed by atoms with Crippen molar-refractivity contribution in [2.24, 2.45) is 0 Å². The molecule has 22 heavy (non-hydrogen) atoms. The number of fused-ring (bicyclic) bond motifs is 1. The zero-order valence-electron chi connectivity index (χ0n) is 12.5. The molecule has 0 atom stereocenters. The molecule has 0 aliphatic rings. The number of imidazole rings is 1. The lowest BCUT2D eigenvalue weighted by molar-refractivity contribution is -0.658. The van der Waals surface area contributed by atoms with Crippen molar-refractivity contribution in [1.29, 1.82) is 0 Å². The molecule has 0 aliphatic heterocycles. The van der Waals surface area contributed by atoms with Crippen LogP contribution in [0.3, 0.4) is 0 Å². The van der Waals surface area contributed by atoms with E-state index in [0.29, 0.717) is 6.61 Å². The van der Waals surface area contributed by atoms with Gasteiger partial charge in [0.25, 0.3) is 0 Å². The van der Waals surface area contributed by atoms with Crippen molar-refractivity contribution in [3.8, 4) is 5.75 Å². The number of nitrogen functional groups attached to an aromatic ring is 1. The highest BCUT2D eigenvalue weighted by atomic mass is 79.9. The predicted molar refractivity (Wildman–Crippen MR) is 91.9 cm³/mol. The van der Waals surface area contributed by atoms with E-state index in [9.17, 15) is 0 Å². The van der Waals surface area contributed by atoms with Gasteiger partial charge in [0.15, 0.2) is 0 Å². The number of anilines is 1. The standard InChI is InChI=1S/C17H18BrN3O/c1-2-20-15-5-3-4-6-16(15)21(17(20)19)11-12-22-14-9-7-13(18)8-10-14/h3-10,19H,2,11-12H2,1H3/p+1. The second kappa shape index (κ2) is 6.40. The van der Waals surface area contributed by atoms with Gasteiger partial charge in [-0.2, -0.15) is 0 Å². The third-order valence-electron chi connectivity index (χ3n) is 3.73. The number of nitrogens with two attached hydrogens (primary N) is 1. The van der Waals surface area contributed by atoms with E-state index in [2.05, 4.69) is 44.1 Å². The van der Waals surface area contributed by atoms with Gasteiger partial charge in [-0.25, -0.2) is 9.13 Å². The molecular weight excluding hydrogens is 342 g/mol. The van der Waals surface area contributed by atoms with E-state index < -0.39 is 0 Å². The quantitative estimate of drug-likeness (QED) is 0.708. The number of aromatic nitrogens is 2. The highest BCUT2D eigenvalue weighted by Gasteiger charge is 2.19. The molecule has 0 radical (unpaired) electrons. The third-order valence-corrected chi connectivity index (χ3v) is 4.26. The number of benzene rings is 2. The van der Waals surface area contributed by atoms with E-state index in [4.69, 9.17) is 10.5 Å². The van der Waals surface area contributed by atoms with Crippen molar-refractivity contribution >= 4 is 32.9 Å². The van der Waals surface area contributed by atoms with Crippen molar-refractivity contribution in [1.82, 2.24) is 4.57 Å². The van der Waals surface area contributed by atoms with Crippen LogP contribution in [0.25, 0.3) is 11.0 Å². The van der Waals surface area contributed by atoms with E-state index in [1.54, 1.807) is 0 Å². The molecule has 0 amide bonds. The van der Waals surface area contributed by atoms with Crippen LogP contribution in [0.15, 0.2) is 53.0 Å². The lowest BCUT2D eigenvalue weighted by Crippen LogP contribution is -2.39. The number of hydrogen-bond donors (Lipinski definition) is 1. The van der Waals surface area contributed by atoms with Gasteiger partial charge in [-0.15, -0.1) is 0 Å². The van der Waals surface area contributed by atoms with Crippen LogP contribution in [0.2, 0.25) is 0 Å². The molecule has 1 heterocycles. The number of para-hydroxylation sites is 2. The van der Waals surface area contributed by atoms with E-state index in [1.807, 2.05) is 36.4 Å². The van der Waals surface area contributed by atoms with Crippen LogP contribution in [0.4, 0.5) is 5.95 Å². The highest BCUT2D eigenvalue weighted by Crippen LogP contribution is 2.17. The van der Waals surface area contributed by atoms with Crippen molar-refractivity contribution in [2.75, 3.05) is 12.3 Å². The molecule has 0 unspecified atom stereocenters. The van der Waals surface area contributed by atoms with Crippen LogP contribution in [0.5, 0.6) is 5.75 Å². The maximum absolute atomic E-state index is 6.29. The highest BCUT2D eigenvalue weighted by molar-refractivity contribution is 9.10. The topological polar surface area (TPSA) is 44.1 Å². The average Bonchev–Trinajstić information content (AvgIpc) is 2.81. The monoisotopic (exact) mass is 360 g/mol. The molecule has 4 nitrogen and oxygen atoms in total. The fourth-order valence-electron chi connectivity index (χ4n) is 2.67. The first kappa shape index (κ1) is 14.9. The number of ether oxygens (including phenoxy) is 1. The summed E-state index contributed by atoms with van der Waals surface area (Å²) < 4.78 is 11.1. The van der Waals surface area contributed by atoms with E-state index in [1.165, 1.54) is 0 Å². The Morgan fingerprint density at radius 2 is 1.86 bits per heavy atom. The molecule has 5 heteroatoms. The molecule has 3 aromatic rings. The van der Waals surface area contributed by atoms with Gasteiger partial charge in [0, 0.05) is 4.47 Å². The fourth-order valence-corrected chi connectivity index (χ4v) is 2.93. The molecule has 2 aromatic carbocycles. The van der Waals surface area contributed by atoms with E-state index in [0.717, 1.165) is 40.3 Å². The molecule has 0 aliphatic carbocycles. The Morgan fingerprint density at radius 3 is 2.59 bits per heavy atom. The van der Waals surface area contributed by atoms with Gasteiger partial charge in [0.05, 0.1) is 6.54 Å². The summed E-state index contributed by atoms with van der Waals surface area (Å²) in [4.78, 5) is 0. The zero-order valence-corrected chi connectivity index (χ0v) is 14.1. The maximum atomic E-state index is 6.29. The van der Waals surface area contributed by atoms with Crippen LogP contribution >= 0.6 is 15.9 Å². The number of halogens is 1. The summed E-state index contributed by atoms with van der Waals surface area (Å²) in [5, 5.41) is 0. The smallest absolute Gasteiger partial charge is 0.356 e. The number of aryl methyl sites for hydroxylation is 1. The molecule has 2 N–H and O–H groups in total. The molecule has 0 saturated carbocycles. The minimum absolute atomic E-state index is 0.578. The van der Waals surface area contributed by atoms with Crippen molar-refractivity contribution in [3.63, 3.8) is 0 Å². The van der Waals surface area contributed by atoms with Gasteiger partial charge >= 0.3 is 5.95 Å². The van der Waals surface area contributed by atoms with Crippen molar-refractivity contribution in [3.05, 3.63) is 53.0 Å². The average molecular weight is 361 g/mol. The van der Waals surface area contributed by atoms with Crippen LogP contribution in [0.1, 0.15) is 6.92 Å². The SMILES string of the molecule is CCn1c(N)[n+](CCOc2ccc(Br)cc2)c2ccccc21. The Bertz CT molecular complexity index is 780. The molecule has 114 valence electrons. The Morgan fingerprint density at radius 1 is 1.14 bits per heavy atom. The van der Waals surface area contributed by atoms with Crippen LogP contribution in [-0.2, 0) is 13.1 Å². The largest absolute Gasteiger partial charge is 0.490 e. The molecular formula is C17H19BrN3O+. The molecule has 3 rings (SSSR count). The summed E-state index contributed by atoms with van der Waals surface area (Å²) in [7, 11) is 0. The third kappa shape index (κ3) is 2.81. The van der Waals surface area contributed by atoms with E-state index in [-0.39, 0.29) is 0 Å². The first-order chi connectivity index (χ1) is 10.7. The van der Waals surface area contributed by atoms with E-state index >= 15 is 0 Å². The summed E-state index contributed by atoms with van der Waals surface area (Å²) in [6, 6.07) is 16.1. The Kier molecular flexibility index (Phi) is 4.34. The van der Waals surface area contributed by atoms with Gasteiger partial charge in [-0.3, -0.25) is 5.73 Å². The minimum atomic E-state index is 0.578. The molecule has 0 spiro atoms. The summed E-state index contributed by atoms with van der Waals surface area (Å²) >= 11 is 3.42. The first-order valence-corrected chi connectivity index (χ1v) is 8.15. The predicted octanol–water partition coefficient (Wildman–Crippen LogP) is 3.37. The summed E-state index contributed by atoms with van der Waals surface area (Å²) in [5.41, 5.74) is 8.59. The van der Waals surface area contributed by atoms with Gasteiger partial charge in [-0.05, 0) is 43.3 Å². The molecule has 1 aromatic heterocycles. The Labute approximate surface area is 138 Å². The lowest BCUT2D eigenvalue weighted by atomic mass is 10.3. The molecule has 0 saturated heterocycles. The number of rotatable bonds is 5. The Hall–Kier alpha value is -2.01. The molecule has 0 fully saturated rings. The first-order valence-electron chi connectivity index (χ1n) is 7.35.